The molecule has 0 saturated carbocycles. The molecule has 1 aromatic heterocycles. The van der Waals surface area contributed by atoms with Crippen molar-refractivity contribution in [3.63, 3.8) is 0 Å². The van der Waals surface area contributed by atoms with Crippen molar-refractivity contribution in [1.29, 1.82) is 0 Å². The lowest BCUT2D eigenvalue weighted by Crippen LogP contribution is -2.44. The quantitative estimate of drug-likeness (QED) is 0.557. The van der Waals surface area contributed by atoms with E-state index in [0.29, 0.717) is 6.54 Å². The third-order valence-corrected chi connectivity index (χ3v) is 5.03. The Morgan fingerprint density at radius 2 is 1.78 bits per heavy atom. The maximum atomic E-state index is 13.4. The molecule has 3 rings (SSSR count). The fourth-order valence-electron chi connectivity index (χ4n) is 3.54. The van der Waals surface area contributed by atoms with Crippen LogP contribution in [0.25, 0.3) is 0 Å². The molecular formula is C23H26FN5O3. The second-order valence-corrected chi connectivity index (χ2v) is 7.51. The minimum Gasteiger partial charge on any atom is -0.383 e. The van der Waals surface area contributed by atoms with Crippen LogP contribution in [0.1, 0.15) is 18.1 Å². The summed E-state index contributed by atoms with van der Waals surface area (Å²) < 4.78 is 14.7. The number of halogens is 1. The molecule has 0 aliphatic rings. The number of carbonyl (C=O) groups is 1. The fourth-order valence-corrected chi connectivity index (χ4v) is 3.54. The number of H-pyrrole nitrogens is 1. The third kappa shape index (κ3) is 5.30. The number of aromatic amines is 1. The van der Waals surface area contributed by atoms with Gasteiger partial charge in [-0.15, -0.1) is 0 Å². The van der Waals surface area contributed by atoms with Crippen LogP contribution in [0.2, 0.25) is 0 Å². The van der Waals surface area contributed by atoms with Gasteiger partial charge in [0, 0.05) is 13.1 Å². The lowest BCUT2D eigenvalue weighted by Gasteiger charge is -2.25. The number of aromatic nitrogens is 2. The SMILES string of the molecule is CCN(C(=O)CN(C)Cc1cccc(F)c1)c1c(N)n(Cc2ccccc2)c(=O)[nH]c1=O. The topological polar surface area (TPSA) is 104 Å². The van der Waals surface area contributed by atoms with E-state index in [1.165, 1.54) is 21.6 Å². The van der Waals surface area contributed by atoms with E-state index in [2.05, 4.69) is 4.98 Å². The predicted molar refractivity (Wildman–Crippen MR) is 122 cm³/mol. The van der Waals surface area contributed by atoms with Gasteiger partial charge in [0.2, 0.25) is 5.91 Å². The number of rotatable bonds is 8. The normalized spacial score (nSPS) is 11.0. The molecule has 0 bridgehead atoms. The highest BCUT2D eigenvalue weighted by molar-refractivity contribution is 5.96. The molecule has 0 spiro atoms. The molecule has 3 N–H and O–H groups in total. The first kappa shape index (κ1) is 23.0. The van der Waals surface area contributed by atoms with Crippen molar-refractivity contribution in [3.05, 3.63) is 92.4 Å². The lowest BCUT2D eigenvalue weighted by atomic mass is 10.2. The van der Waals surface area contributed by atoms with Crippen molar-refractivity contribution in [2.24, 2.45) is 0 Å². The van der Waals surface area contributed by atoms with Gasteiger partial charge >= 0.3 is 5.69 Å². The van der Waals surface area contributed by atoms with E-state index in [0.717, 1.165) is 11.1 Å². The van der Waals surface area contributed by atoms with Crippen molar-refractivity contribution < 1.29 is 9.18 Å². The summed E-state index contributed by atoms with van der Waals surface area (Å²) >= 11 is 0. The van der Waals surface area contributed by atoms with E-state index in [1.807, 2.05) is 30.3 Å². The Hall–Kier alpha value is -3.72. The standard InChI is InChI=1S/C23H26FN5O3/c1-3-28(19(30)15-27(2)13-17-10-7-11-18(24)12-17)20-21(25)29(23(32)26-22(20)31)14-16-8-5-4-6-9-16/h4-12H,3,13-15,25H2,1-2H3,(H,26,31,32). The van der Waals surface area contributed by atoms with E-state index in [-0.39, 0.29) is 42.9 Å². The molecule has 3 aromatic rings. The zero-order valence-corrected chi connectivity index (χ0v) is 18.0. The van der Waals surface area contributed by atoms with Gasteiger partial charge in [0.15, 0.2) is 5.69 Å². The van der Waals surface area contributed by atoms with Gasteiger partial charge in [0.1, 0.15) is 11.6 Å². The van der Waals surface area contributed by atoms with Gasteiger partial charge in [0.05, 0.1) is 13.1 Å². The molecule has 0 fully saturated rings. The van der Waals surface area contributed by atoms with Crippen molar-refractivity contribution in [2.75, 3.05) is 30.8 Å². The smallest absolute Gasteiger partial charge is 0.330 e. The molecule has 0 aliphatic carbocycles. The van der Waals surface area contributed by atoms with E-state index >= 15 is 0 Å². The van der Waals surface area contributed by atoms with Crippen molar-refractivity contribution in [1.82, 2.24) is 14.5 Å². The first-order chi connectivity index (χ1) is 15.3. The molecule has 32 heavy (non-hydrogen) atoms. The molecule has 1 amide bonds. The summed E-state index contributed by atoms with van der Waals surface area (Å²) in [4.78, 5) is 43.2. The number of nitrogen functional groups attached to an aromatic ring is 1. The fraction of sp³-hybridized carbons (Fsp3) is 0.261. The van der Waals surface area contributed by atoms with E-state index in [9.17, 15) is 18.8 Å². The summed E-state index contributed by atoms with van der Waals surface area (Å²) in [5, 5.41) is 0. The van der Waals surface area contributed by atoms with E-state index in [4.69, 9.17) is 5.73 Å². The number of likely N-dealkylation sites (N-methyl/N-ethyl adjacent to an activating group) is 2. The molecule has 0 atom stereocenters. The Labute approximate surface area is 184 Å². The van der Waals surface area contributed by atoms with Crippen molar-refractivity contribution in [3.8, 4) is 0 Å². The van der Waals surface area contributed by atoms with Crippen LogP contribution in [0.3, 0.4) is 0 Å². The zero-order chi connectivity index (χ0) is 23.3. The zero-order valence-electron chi connectivity index (χ0n) is 18.0. The lowest BCUT2D eigenvalue weighted by molar-refractivity contribution is -0.119. The highest BCUT2D eigenvalue weighted by Gasteiger charge is 2.24. The van der Waals surface area contributed by atoms with Gasteiger partial charge in [-0.05, 0) is 37.2 Å². The average Bonchev–Trinajstić information content (AvgIpc) is 2.74. The number of benzene rings is 2. The van der Waals surface area contributed by atoms with Gasteiger partial charge in [-0.25, -0.2) is 9.18 Å². The number of nitrogens with two attached hydrogens (primary N) is 1. The number of amides is 1. The summed E-state index contributed by atoms with van der Waals surface area (Å²) in [7, 11) is 1.72. The monoisotopic (exact) mass is 439 g/mol. The molecular weight excluding hydrogens is 413 g/mol. The minimum atomic E-state index is -0.722. The molecule has 0 saturated heterocycles. The third-order valence-electron chi connectivity index (χ3n) is 5.03. The van der Waals surface area contributed by atoms with Crippen LogP contribution in [0, 0.1) is 5.82 Å². The number of carbonyl (C=O) groups excluding carboxylic acids is 1. The predicted octanol–water partition coefficient (Wildman–Crippen LogP) is 1.79. The molecule has 0 unspecified atom stereocenters. The van der Waals surface area contributed by atoms with Gasteiger partial charge in [-0.2, -0.15) is 0 Å². The van der Waals surface area contributed by atoms with Gasteiger partial charge < -0.3 is 10.6 Å². The first-order valence-electron chi connectivity index (χ1n) is 10.2. The summed E-state index contributed by atoms with van der Waals surface area (Å²) in [6, 6.07) is 15.3. The molecule has 9 heteroatoms. The summed E-state index contributed by atoms with van der Waals surface area (Å²) in [6.07, 6.45) is 0. The Bertz CT molecular complexity index is 1210. The second kappa shape index (κ2) is 10.1. The van der Waals surface area contributed by atoms with E-state index in [1.54, 1.807) is 31.0 Å². The molecule has 2 aromatic carbocycles. The summed E-state index contributed by atoms with van der Waals surface area (Å²) in [5.74, 6) is -0.795. The molecule has 1 heterocycles. The van der Waals surface area contributed by atoms with Gasteiger partial charge in [-0.3, -0.25) is 24.0 Å². The Morgan fingerprint density at radius 3 is 2.44 bits per heavy atom. The second-order valence-electron chi connectivity index (χ2n) is 7.51. The molecule has 0 radical (unpaired) electrons. The number of hydrogen-bond acceptors (Lipinski definition) is 5. The Balaban J connectivity index is 1.85. The number of nitrogens with one attached hydrogen (secondary N) is 1. The Kier molecular flexibility index (Phi) is 7.21. The van der Waals surface area contributed by atoms with Crippen LogP contribution in [0.4, 0.5) is 15.9 Å². The average molecular weight is 439 g/mol. The molecule has 168 valence electrons. The van der Waals surface area contributed by atoms with E-state index < -0.39 is 11.2 Å². The van der Waals surface area contributed by atoms with Crippen LogP contribution in [0.15, 0.2) is 64.2 Å². The molecule has 8 nitrogen and oxygen atoms in total. The first-order valence-corrected chi connectivity index (χ1v) is 10.2. The Morgan fingerprint density at radius 1 is 1.09 bits per heavy atom. The number of nitrogens with zero attached hydrogens (tertiary/aromatic N) is 3. The van der Waals surface area contributed by atoms with Crippen molar-refractivity contribution in [2.45, 2.75) is 20.0 Å². The summed E-state index contributed by atoms with van der Waals surface area (Å²) in [6.45, 7) is 2.38. The minimum absolute atomic E-state index is 0.0267. The van der Waals surface area contributed by atoms with Crippen LogP contribution in [-0.4, -0.2) is 40.5 Å². The summed E-state index contributed by atoms with van der Waals surface area (Å²) in [5.41, 5.74) is 6.32. The van der Waals surface area contributed by atoms with Crippen LogP contribution >= 0.6 is 0 Å². The highest BCUT2D eigenvalue weighted by atomic mass is 19.1. The maximum Gasteiger partial charge on any atom is 0.330 e. The van der Waals surface area contributed by atoms with Crippen LogP contribution in [-0.2, 0) is 17.9 Å². The van der Waals surface area contributed by atoms with Crippen LogP contribution in [0.5, 0.6) is 0 Å². The van der Waals surface area contributed by atoms with Crippen LogP contribution < -0.4 is 21.9 Å². The maximum absolute atomic E-state index is 13.4. The highest BCUT2D eigenvalue weighted by Crippen LogP contribution is 2.18. The van der Waals surface area contributed by atoms with Crippen molar-refractivity contribution >= 4 is 17.4 Å². The van der Waals surface area contributed by atoms with Gasteiger partial charge in [-0.1, -0.05) is 42.5 Å². The number of hydrogen-bond donors (Lipinski definition) is 2. The largest absolute Gasteiger partial charge is 0.383 e. The van der Waals surface area contributed by atoms with Gasteiger partial charge in [0.25, 0.3) is 5.56 Å². The number of anilines is 2. The molecule has 0 aliphatic heterocycles.